The number of hydrogen-bond acceptors (Lipinski definition) is 3. The van der Waals surface area contributed by atoms with Gasteiger partial charge in [0.25, 0.3) is 0 Å². The molecule has 1 aromatic rings. The Bertz CT molecular complexity index is 435. The number of rotatable bonds is 5. The molecule has 2 aliphatic rings. The molecule has 20 heavy (non-hydrogen) atoms. The molecule has 4 nitrogen and oxygen atoms in total. The van der Waals surface area contributed by atoms with Gasteiger partial charge in [-0.15, -0.1) is 0 Å². The van der Waals surface area contributed by atoms with Crippen molar-refractivity contribution in [1.29, 1.82) is 0 Å². The molecule has 1 atom stereocenters. The molecule has 0 radical (unpaired) electrons. The van der Waals surface area contributed by atoms with E-state index in [2.05, 4.69) is 41.1 Å². The van der Waals surface area contributed by atoms with E-state index in [1.807, 2.05) is 0 Å². The molecule has 1 unspecified atom stereocenters. The summed E-state index contributed by atoms with van der Waals surface area (Å²) in [6.45, 7) is 6.90. The van der Waals surface area contributed by atoms with Crippen LogP contribution in [0.2, 0.25) is 0 Å². The average molecular weight is 276 g/mol. The maximum Gasteiger partial charge on any atom is 0.0764 e. The Hall–Kier alpha value is -0.870. The molecule has 0 spiro atoms. The van der Waals surface area contributed by atoms with Crippen LogP contribution in [-0.4, -0.2) is 41.4 Å². The fourth-order valence-electron chi connectivity index (χ4n) is 3.89. The van der Waals surface area contributed by atoms with Crippen LogP contribution >= 0.6 is 0 Å². The van der Waals surface area contributed by atoms with Gasteiger partial charge in [0.1, 0.15) is 0 Å². The maximum atomic E-state index is 4.81. The molecule has 0 aromatic carbocycles. The molecule has 2 heterocycles. The van der Waals surface area contributed by atoms with Crippen LogP contribution in [0.25, 0.3) is 0 Å². The van der Waals surface area contributed by atoms with Gasteiger partial charge in [0, 0.05) is 25.8 Å². The molecule has 4 heteroatoms. The molecule has 1 N–H and O–H groups in total. The third kappa shape index (κ3) is 3.07. The highest BCUT2D eigenvalue weighted by atomic mass is 15.3. The van der Waals surface area contributed by atoms with Crippen molar-refractivity contribution < 1.29 is 0 Å². The first-order valence-corrected chi connectivity index (χ1v) is 8.09. The highest BCUT2D eigenvalue weighted by molar-refractivity contribution is 5.02. The van der Waals surface area contributed by atoms with Crippen molar-refractivity contribution >= 4 is 0 Å². The minimum atomic E-state index is 0.433. The smallest absolute Gasteiger partial charge is 0.0764 e. The molecule has 0 bridgehead atoms. The Morgan fingerprint density at radius 1 is 1.40 bits per heavy atom. The second-order valence-corrected chi connectivity index (χ2v) is 7.03. The van der Waals surface area contributed by atoms with E-state index < -0.39 is 0 Å². The van der Waals surface area contributed by atoms with Crippen LogP contribution in [0.5, 0.6) is 0 Å². The highest BCUT2D eigenvalue weighted by Crippen LogP contribution is 2.31. The van der Waals surface area contributed by atoms with Crippen molar-refractivity contribution in [3.63, 3.8) is 0 Å². The summed E-state index contributed by atoms with van der Waals surface area (Å²) in [4.78, 5) is 2.55. The standard InChI is InChI=1S/C16H28N4/c1-16(12-17-2)8-10-19(13-16)11-14-7-9-20(18-14)15-5-3-4-6-15/h7,9,15,17H,3-6,8,10-13H2,1-2H3. The summed E-state index contributed by atoms with van der Waals surface area (Å²) in [5.41, 5.74) is 1.67. The molecular formula is C16H28N4. The van der Waals surface area contributed by atoms with E-state index in [-0.39, 0.29) is 0 Å². The Morgan fingerprint density at radius 2 is 2.20 bits per heavy atom. The van der Waals surface area contributed by atoms with Crippen LogP contribution in [0.4, 0.5) is 0 Å². The summed E-state index contributed by atoms with van der Waals surface area (Å²) in [5.74, 6) is 0. The van der Waals surface area contributed by atoms with E-state index in [4.69, 9.17) is 5.10 Å². The third-order valence-electron chi connectivity index (χ3n) is 4.99. The maximum absolute atomic E-state index is 4.81. The quantitative estimate of drug-likeness (QED) is 0.896. The number of hydrogen-bond donors (Lipinski definition) is 1. The Labute approximate surface area is 122 Å². The van der Waals surface area contributed by atoms with E-state index in [1.165, 1.54) is 50.9 Å². The van der Waals surface area contributed by atoms with E-state index in [0.29, 0.717) is 11.5 Å². The Kier molecular flexibility index (Phi) is 4.13. The van der Waals surface area contributed by atoms with Crippen molar-refractivity contribution in [2.45, 2.75) is 51.6 Å². The SMILES string of the molecule is CNCC1(C)CCN(Cc2ccn(C3CCCC3)n2)C1. The van der Waals surface area contributed by atoms with Crippen LogP contribution in [0, 0.1) is 5.41 Å². The summed E-state index contributed by atoms with van der Waals surface area (Å²) in [5, 5.41) is 8.14. The summed E-state index contributed by atoms with van der Waals surface area (Å²) in [6, 6.07) is 2.88. The van der Waals surface area contributed by atoms with E-state index >= 15 is 0 Å². The molecular weight excluding hydrogens is 248 g/mol. The van der Waals surface area contributed by atoms with Gasteiger partial charge >= 0.3 is 0 Å². The van der Waals surface area contributed by atoms with E-state index in [0.717, 1.165) is 13.1 Å². The van der Waals surface area contributed by atoms with Crippen molar-refractivity contribution in [2.75, 3.05) is 26.7 Å². The predicted octanol–water partition coefficient (Wildman–Crippen LogP) is 2.43. The van der Waals surface area contributed by atoms with Crippen LogP contribution in [0.1, 0.15) is 50.8 Å². The molecule has 1 saturated carbocycles. The zero-order valence-corrected chi connectivity index (χ0v) is 12.9. The van der Waals surface area contributed by atoms with Crippen molar-refractivity contribution in [1.82, 2.24) is 20.0 Å². The zero-order valence-electron chi connectivity index (χ0n) is 12.9. The number of nitrogens with one attached hydrogen (secondary N) is 1. The summed E-state index contributed by atoms with van der Waals surface area (Å²) >= 11 is 0. The lowest BCUT2D eigenvalue weighted by atomic mass is 9.90. The first-order chi connectivity index (χ1) is 9.68. The van der Waals surface area contributed by atoms with Gasteiger partial charge in [-0.25, -0.2) is 0 Å². The number of nitrogens with zero attached hydrogens (tertiary/aromatic N) is 3. The molecule has 1 aliphatic carbocycles. The van der Waals surface area contributed by atoms with Crippen LogP contribution < -0.4 is 5.32 Å². The Balaban J connectivity index is 1.56. The van der Waals surface area contributed by atoms with Gasteiger partial charge in [-0.3, -0.25) is 9.58 Å². The third-order valence-corrected chi connectivity index (χ3v) is 4.99. The van der Waals surface area contributed by atoms with Gasteiger partial charge in [0.2, 0.25) is 0 Å². The highest BCUT2D eigenvalue weighted by Gasteiger charge is 2.33. The lowest BCUT2D eigenvalue weighted by molar-refractivity contribution is 0.262. The molecule has 1 aromatic heterocycles. The van der Waals surface area contributed by atoms with Gasteiger partial charge in [0.05, 0.1) is 11.7 Å². The number of likely N-dealkylation sites (tertiary alicyclic amines) is 1. The van der Waals surface area contributed by atoms with Gasteiger partial charge in [0.15, 0.2) is 0 Å². The first-order valence-electron chi connectivity index (χ1n) is 8.09. The summed E-state index contributed by atoms with van der Waals surface area (Å²) in [7, 11) is 2.05. The van der Waals surface area contributed by atoms with E-state index in [1.54, 1.807) is 0 Å². The van der Waals surface area contributed by atoms with Gasteiger partial charge in [-0.1, -0.05) is 19.8 Å². The van der Waals surface area contributed by atoms with Crippen LogP contribution in [-0.2, 0) is 6.54 Å². The largest absolute Gasteiger partial charge is 0.319 e. The van der Waals surface area contributed by atoms with E-state index in [9.17, 15) is 0 Å². The molecule has 2 fully saturated rings. The second kappa shape index (κ2) is 5.86. The summed E-state index contributed by atoms with van der Waals surface area (Å²) in [6.07, 6.45) is 8.84. The predicted molar refractivity (Wildman–Crippen MR) is 81.7 cm³/mol. The summed E-state index contributed by atoms with van der Waals surface area (Å²) < 4.78 is 2.21. The molecule has 3 rings (SSSR count). The van der Waals surface area contributed by atoms with Crippen molar-refractivity contribution in [3.8, 4) is 0 Å². The van der Waals surface area contributed by atoms with Gasteiger partial charge in [-0.05, 0) is 44.3 Å². The van der Waals surface area contributed by atoms with Crippen LogP contribution in [0.3, 0.4) is 0 Å². The first kappa shape index (κ1) is 14.1. The second-order valence-electron chi connectivity index (χ2n) is 7.03. The monoisotopic (exact) mass is 276 g/mol. The van der Waals surface area contributed by atoms with Crippen molar-refractivity contribution in [2.24, 2.45) is 5.41 Å². The van der Waals surface area contributed by atoms with Gasteiger partial charge in [-0.2, -0.15) is 5.10 Å². The minimum Gasteiger partial charge on any atom is -0.319 e. The lowest BCUT2D eigenvalue weighted by Gasteiger charge is -2.24. The lowest BCUT2D eigenvalue weighted by Crippen LogP contribution is -2.33. The zero-order chi connectivity index (χ0) is 14.0. The minimum absolute atomic E-state index is 0.433. The van der Waals surface area contributed by atoms with Crippen LogP contribution in [0.15, 0.2) is 12.3 Å². The normalized spacial score (nSPS) is 28.5. The van der Waals surface area contributed by atoms with Crippen molar-refractivity contribution in [3.05, 3.63) is 18.0 Å². The fourth-order valence-corrected chi connectivity index (χ4v) is 3.89. The van der Waals surface area contributed by atoms with Gasteiger partial charge < -0.3 is 5.32 Å². The molecule has 112 valence electrons. The molecule has 1 saturated heterocycles. The molecule has 1 aliphatic heterocycles. The molecule has 0 amide bonds. The number of aromatic nitrogens is 2. The topological polar surface area (TPSA) is 33.1 Å². The fraction of sp³-hybridized carbons (Fsp3) is 0.812. The average Bonchev–Trinajstić information content (AvgIpc) is 3.11. The Morgan fingerprint density at radius 3 is 2.95 bits per heavy atom.